The first-order chi connectivity index (χ1) is 9.05. The number of hydrogen-bond donors (Lipinski definition) is 2. The molecule has 0 radical (unpaired) electrons. The highest BCUT2D eigenvalue weighted by Crippen LogP contribution is 2.60. The zero-order valence-electron chi connectivity index (χ0n) is 11.0. The van der Waals surface area contributed by atoms with Crippen molar-refractivity contribution < 1.29 is 32.3 Å². The number of alkyl halides is 3. The molecule has 114 valence electrons. The van der Waals surface area contributed by atoms with Crippen LogP contribution in [0.2, 0.25) is 0 Å². The molecule has 0 aliphatic rings. The van der Waals surface area contributed by atoms with Gasteiger partial charge in [-0.15, -0.1) is 13.2 Å². The summed E-state index contributed by atoms with van der Waals surface area (Å²) >= 11 is 0. The molecule has 0 aliphatic heterocycles. The minimum absolute atomic E-state index is 0.174. The van der Waals surface area contributed by atoms with E-state index in [0.717, 1.165) is 12.1 Å². The first-order valence-corrected chi connectivity index (χ1v) is 7.59. The van der Waals surface area contributed by atoms with E-state index >= 15 is 0 Å². The quantitative estimate of drug-likeness (QED) is 0.812. The van der Waals surface area contributed by atoms with E-state index in [1.165, 1.54) is 12.1 Å². The Balaban J connectivity index is 3.16. The SMILES string of the molecule is CCC(CC)(c1ccc(OC(F)(F)F)cc1)P(=O)(O)O. The number of ether oxygens (including phenoxy) is 1. The van der Waals surface area contributed by atoms with Gasteiger partial charge in [-0.3, -0.25) is 4.57 Å². The zero-order chi connectivity index (χ0) is 15.6. The Kier molecular flexibility index (Phi) is 4.90. The summed E-state index contributed by atoms with van der Waals surface area (Å²) in [5.74, 6) is -0.423. The van der Waals surface area contributed by atoms with Crippen LogP contribution in [-0.2, 0) is 9.72 Å². The molecule has 20 heavy (non-hydrogen) atoms. The fourth-order valence-corrected chi connectivity index (χ4v) is 3.51. The molecule has 0 spiro atoms. The van der Waals surface area contributed by atoms with Crippen LogP contribution in [0, 0.1) is 0 Å². The summed E-state index contributed by atoms with van der Waals surface area (Å²) in [4.78, 5) is 19.1. The number of rotatable bonds is 5. The zero-order valence-corrected chi connectivity index (χ0v) is 11.9. The van der Waals surface area contributed by atoms with Gasteiger partial charge in [-0.1, -0.05) is 26.0 Å². The summed E-state index contributed by atoms with van der Waals surface area (Å²) in [6.07, 6.45) is -4.45. The molecule has 2 N–H and O–H groups in total. The van der Waals surface area contributed by atoms with Crippen molar-refractivity contribution in [2.45, 2.75) is 38.2 Å². The summed E-state index contributed by atoms with van der Waals surface area (Å²) in [6.45, 7) is 3.26. The highest BCUT2D eigenvalue weighted by molar-refractivity contribution is 7.53. The summed E-state index contributed by atoms with van der Waals surface area (Å²) < 4.78 is 51.6. The van der Waals surface area contributed by atoms with Crippen LogP contribution in [-0.4, -0.2) is 16.1 Å². The van der Waals surface area contributed by atoms with Crippen LogP contribution in [0.15, 0.2) is 24.3 Å². The maximum Gasteiger partial charge on any atom is 0.573 e. The molecule has 0 aliphatic carbocycles. The van der Waals surface area contributed by atoms with Gasteiger partial charge in [0.25, 0.3) is 0 Å². The van der Waals surface area contributed by atoms with Crippen molar-refractivity contribution in [2.24, 2.45) is 0 Å². The van der Waals surface area contributed by atoms with Gasteiger partial charge in [-0.2, -0.15) is 0 Å². The Morgan fingerprint density at radius 2 is 1.55 bits per heavy atom. The lowest BCUT2D eigenvalue weighted by Crippen LogP contribution is -2.24. The van der Waals surface area contributed by atoms with Crippen molar-refractivity contribution in [1.82, 2.24) is 0 Å². The number of hydrogen-bond acceptors (Lipinski definition) is 2. The fourth-order valence-electron chi connectivity index (χ4n) is 2.21. The predicted molar refractivity (Wildman–Crippen MR) is 67.4 cm³/mol. The molecule has 0 saturated heterocycles. The molecule has 1 aromatic carbocycles. The molecule has 0 atom stereocenters. The lowest BCUT2D eigenvalue weighted by Gasteiger charge is -2.32. The minimum Gasteiger partial charge on any atom is -0.406 e. The van der Waals surface area contributed by atoms with Crippen molar-refractivity contribution in [3.8, 4) is 5.75 Å². The van der Waals surface area contributed by atoms with E-state index in [2.05, 4.69) is 4.74 Å². The molecule has 1 rings (SSSR count). The molecular formula is C12H16F3O4P. The molecule has 8 heteroatoms. The van der Waals surface area contributed by atoms with Crippen LogP contribution < -0.4 is 4.74 Å². The molecule has 0 bridgehead atoms. The largest absolute Gasteiger partial charge is 0.573 e. The highest BCUT2D eigenvalue weighted by atomic mass is 31.2. The lowest BCUT2D eigenvalue weighted by molar-refractivity contribution is -0.274. The van der Waals surface area contributed by atoms with Gasteiger partial charge in [-0.25, -0.2) is 0 Å². The average molecular weight is 312 g/mol. The second-order valence-corrected chi connectivity index (χ2v) is 6.30. The Morgan fingerprint density at radius 3 is 1.85 bits per heavy atom. The monoisotopic (exact) mass is 312 g/mol. The van der Waals surface area contributed by atoms with Gasteiger partial charge in [-0.05, 0) is 30.5 Å². The average Bonchev–Trinajstić information content (AvgIpc) is 2.29. The van der Waals surface area contributed by atoms with Crippen molar-refractivity contribution in [3.63, 3.8) is 0 Å². The summed E-state index contributed by atoms with van der Waals surface area (Å²) in [7, 11) is -4.45. The van der Waals surface area contributed by atoms with Crippen molar-refractivity contribution in [2.75, 3.05) is 0 Å². The van der Waals surface area contributed by atoms with Gasteiger partial charge in [0, 0.05) is 0 Å². The van der Waals surface area contributed by atoms with Gasteiger partial charge in [0.05, 0.1) is 5.16 Å². The normalized spacial score (nSPS) is 13.3. The van der Waals surface area contributed by atoms with Crippen LogP contribution in [0.4, 0.5) is 13.2 Å². The van der Waals surface area contributed by atoms with Gasteiger partial charge in [0.1, 0.15) is 5.75 Å². The Labute approximate surface area is 114 Å². The molecule has 4 nitrogen and oxygen atoms in total. The van der Waals surface area contributed by atoms with Crippen LogP contribution >= 0.6 is 7.60 Å². The Hall–Kier alpha value is -1.04. The van der Waals surface area contributed by atoms with E-state index in [0.29, 0.717) is 5.56 Å². The summed E-state index contributed by atoms with van der Waals surface area (Å²) in [5, 5.41) is -1.39. The van der Waals surface area contributed by atoms with Crippen LogP contribution in [0.25, 0.3) is 0 Å². The molecule has 0 heterocycles. The van der Waals surface area contributed by atoms with Crippen LogP contribution in [0.5, 0.6) is 5.75 Å². The molecular weight excluding hydrogens is 296 g/mol. The topological polar surface area (TPSA) is 66.8 Å². The van der Waals surface area contributed by atoms with E-state index in [-0.39, 0.29) is 12.8 Å². The number of halogens is 3. The maximum absolute atomic E-state index is 12.1. The third-order valence-electron chi connectivity index (χ3n) is 3.35. The first kappa shape index (κ1) is 17.0. The van der Waals surface area contributed by atoms with Crippen LogP contribution in [0.3, 0.4) is 0 Å². The summed E-state index contributed by atoms with van der Waals surface area (Å²) in [5.41, 5.74) is 0.297. The van der Waals surface area contributed by atoms with Gasteiger partial charge in [0.2, 0.25) is 0 Å². The van der Waals surface area contributed by atoms with E-state index < -0.39 is 24.9 Å². The van der Waals surface area contributed by atoms with Gasteiger partial charge >= 0.3 is 14.0 Å². The lowest BCUT2D eigenvalue weighted by atomic mass is 9.92. The molecule has 1 aromatic rings. The molecule has 0 unspecified atom stereocenters. The van der Waals surface area contributed by atoms with Crippen LogP contribution in [0.1, 0.15) is 32.3 Å². The molecule has 0 fully saturated rings. The third kappa shape index (κ3) is 3.53. The minimum atomic E-state index is -4.79. The fraction of sp³-hybridized carbons (Fsp3) is 0.500. The van der Waals surface area contributed by atoms with Crippen molar-refractivity contribution >= 4 is 7.60 Å². The Bertz CT molecular complexity index is 488. The van der Waals surface area contributed by atoms with E-state index in [1.54, 1.807) is 13.8 Å². The molecule has 0 amide bonds. The second kappa shape index (κ2) is 5.76. The van der Waals surface area contributed by atoms with Gasteiger partial charge < -0.3 is 14.5 Å². The Morgan fingerprint density at radius 1 is 1.10 bits per heavy atom. The number of benzene rings is 1. The van der Waals surface area contributed by atoms with E-state index in [9.17, 15) is 27.5 Å². The van der Waals surface area contributed by atoms with Crippen molar-refractivity contribution in [1.29, 1.82) is 0 Å². The van der Waals surface area contributed by atoms with E-state index in [4.69, 9.17) is 0 Å². The van der Waals surface area contributed by atoms with E-state index in [1.807, 2.05) is 0 Å². The predicted octanol–water partition coefficient (Wildman–Crippen LogP) is 3.78. The summed E-state index contributed by atoms with van der Waals surface area (Å²) in [6, 6.07) is 4.62. The van der Waals surface area contributed by atoms with Crippen molar-refractivity contribution in [3.05, 3.63) is 29.8 Å². The smallest absolute Gasteiger partial charge is 0.406 e. The molecule has 0 aromatic heterocycles. The first-order valence-electron chi connectivity index (χ1n) is 5.97. The second-order valence-electron chi connectivity index (χ2n) is 4.35. The van der Waals surface area contributed by atoms with Gasteiger partial charge in [0.15, 0.2) is 0 Å². The highest BCUT2D eigenvalue weighted by Gasteiger charge is 2.45. The standard InChI is InChI=1S/C12H16F3O4P/c1-3-11(4-2,20(16,17)18)9-5-7-10(8-6-9)19-12(13,14)15/h5-8H,3-4H2,1-2H3,(H2,16,17,18). The third-order valence-corrected chi connectivity index (χ3v) is 5.36. The molecule has 0 saturated carbocycles. The maximum atomic E-state index is 12.1.